The molecule has 0 radical (unpaired) electrons. The van der Waals surface area contributed by atoms with Crippen LogP contribution in [0.1, 0.15) is 37.0 Å². The first-order chi connectivity index (χ1) is 12.5. The third kappa shape index (κ3) is 3.40. The van der Waals surface area contributed by atoms with Crippen LogP contribution in [0.3, 0.4) is 0 Å². The second kappa shape index (κ2) is 7.55. The molecule has 1 aliphatic rings. The molecule has 26 heavy (non-hydrogen) atoms. The first-order valence-corrected chi connectivity index (χ1v) is 8.61. The fraction of sp³-hybridized carbons (Fsp3) is 0.444. The third-order valence-corrected chi connectivity index (χ3v) is 4.55. The van der Waals surface area contributed by atoms with Crippen LogP contribution in [0.15, 0.2) is 30.7 Å². The van der Waals surface area contributed by atoms with Crippen molar-refractivity contribution in [3.8, 4) is 0 Å². The lowest BCUT2D eigenvalue weighted by Gasteiger charge is -2.35. The average molecular weight is 357 g/mol. The van der Waals surface area contributed by atoms with Gasteiger partial charge < -0.3 is 19.9 Å². The van der Waals surface area contributed by atoms with E-state index in [2.05, 4.69) is 20.3 Å². The van der Waals surface area contributed by atoms with Crippen LogP contribution in [0.5, 0.6) is 0 Å². The highest BCUT2D eigenvalue weighted by Gasteiger charge is 2.36. The number of urea groups is 1. The van der Waals surface area contributed by atoms with Crippen molar-refractivity contribution in [3.05, 3.63) is 47.8 Å². The SMILES string of the molecule is COC(=O)[C@H](NC(=O)N1CCc2[nH]cnc2[C@H]1c1ccccn1)C(C)C. The summed E-state index contributed by atoms with van der Waals surface area (Å²) in [4.78, 5) is 38.6. The molecule has 0 fully saturated rings. The number of ether oxygens (including phenoxy) is 1. The van der Waals surface area contributed by atoms with E-state index in [1.165, 1.54) is 7.11 Å². The van der Waals surface area contributed by atoms with E-state index in [0.29, 0.717) is 13.0 Å². The van der Waals surface area contributed by atoms with Gasteiger partial charge in [0.05, 0.1) is 24.8 Å². The van der Waals surface area contributed by atoms with E-state index >= 15 is 0 Å². The summed E-state index contributed by atoms with van der Waals surface area (Å²) in [5.74, 6) is -0.550. The fourth-order valence-electron chi connectivity index (χ4n) is 3.17. The minimum atomic E-state index is -0.711. The molecule has 0 saturated heterocycles. The highest BCUT2D eigenvalue weighted by atomic mass is 16.5. The molecule has 2 N–H and O–H groups in total. The smallest absolute Gasteiger partial charge is 0.328 e. The van der Waals surface area contributed by atoms with Crippen molar-refractivity contribution in [2.45, 2.75) is 32.4 Å². The molecule has 0 bridgehead atoms. The maximum atomic E-state index is 13.0. The zero-order valence-corrected chi connectivity index (χ0v) is 15.1. The highest BCUT2D eigenvalue weighted by molar-refractivity contribution is 5.84. The number of amides is 2. The highest BCUT2D eigenvalue weighted by Crippen LogP contribution is 2.32. The normalized spacial score (nSPS) is 17.5. The molecule has 2 aromatic rings. The van der Waals surface area contributed by atoms with Crippen molar-refractivity contribution < 1.29 is 14.3 Å². The number of rotatable bonds is 4. The van der Waals surface area contributed by atoms with Crippen LogP contribution in [0.25, 0.3) is 0 Å². The van der Waals surface area contributed by atoms with Crippen LogP contribution in [-0.2, 0) is 16.0 Å². The number of aromatic amines is 1. The van der Waals surface area contributed by atoms with Crippen LogP contribution in [0.2, 0.25) is 0 Å². The van der Waals surface area contributed by atoms with Crippen LogP contribution >= 0.6 is 0 Å². The quantitative estimate of drug-likeness (QED) is 0.811. The molecule has 0 aromatic carbocycles. The molecule has 138 valence electrons. The van der Waals surface area contributed by atoms with Gasteiger partial charge in [-0.2, -0.15) is 0 Å². The summed E-state index contributed by atoms with van der Waals surface area (Å²) in [6, 6.07) is 4.13. The van der Waals surface area contributed by atoms with Gasteiger partial charge in [0.25, 0.3) is 0 Å². The Hall–Kier alpha value is -2.90. The molecular weight excluding hydrogens is 334 g/mol. The zero-order chi connectivity index (χ0) is 18.7. The lowest BCUT2D eigenvalue weighted by molar-refractivity contribution is -0.144. The largest absolute Gasteiger partial charge is 0.467 e. The number of nitrogens with one attached hydrogen (secondary N) is 2. The summed E-state index contributed by atoms with van der Waals surface area (Å²) in [5.41, 5.74) is 2.51. The Bertz CT molecular complexity index is 774. The van der Waals surface area contributed by atoms with E-state index in [1.54, 1.807) is 17.4 Å². The number of hydrogen-bond donors (Lipinski definition) is 2. The molecule has 2 aromatic heterocycles. The van der Waals surface area contributed by atoms with Gasteiger partial charge >= 0.3 is 12.0 Å². The van der Waals surface area contributed by atoms with Gasteiger partial charge in [-0.1, -0.05) is 19.9 Å². The number of pyridine rings is 1. The van der Waals surface area contributed by atoms with Crippen molar-refractivity contribution >= 4 is 12.0 Å². The summed E-state index contributed by atoms with van der Waals surface area (Å²) < 4.78 is 4.82. The van der Waals surface area contributed by atoms with E-state index in [1.807, 2.05) is 32.0 Å². The maximum Gasteiger partial charge on any atom is 0.328 e. The zero-order valence-electron chi connectivity index (χ0n) is 15.1. The second-order valence-electron chi connectivity index (χ2n) is 6.56. The van der Waals surface area contributed by atoms with Gasteiger partial charge in [-0.25, -0.2) is 14.6 Å². The van der Waals surface area contributed by atoms with E-state index in [0.717, 1.165) is 17.1 Å². The summed E-state index contributed by atoms with van der Waals surface area (Å²) >= 11 is 0. The molecular formula is C18H23N5O3. The summed E-state index contributed by atoms with van der Waals surface area (Å²) in [5, 5.41) is 2.81. The van der Waals surface area contributed by atoms with Gasteiger partial charge in [0.2, 0.25) is 0 Å². The van der Waals surface area contributed by atoms with E-state index in [4.69, 9.17) is 4.74 Å². The Balaban J connectivity index is 1.90. The van der Waals surface area contributed by atoms with E-state index < -0.39 is 18.1 Å². The molecule has 3 rings (SSSR count). The van der Waals surface area contributed by atoms with Crippen LogP contribution < -0.4 is 5.32 Å². The van der Waals surface area contributed by atoms with Crippen molar-refractivity contribution in [1.82, 2.24) is 25.2 Å². The van der Waals surface area contributed by atoms with Crippen molar-refractivity contribution in [1.29, 1.82) is 0 Å². The van der Waals surface area contributed by atoms with Crippen LogP contribution in [0.4, 0.5) is 4.79 Å². The number of nitrogens with zero attached hydrogens (tertiary/aromatic N) is 3. The van der Waals surface area contributed by atoms with Gasteiger partial charge in [0, 0.05) is 24.9 Å². The number of aromatic nitrogens is 3. The Labute approximate surface area is 152 Å². The van der Waals surface area contributed by atoms with Crippen molar-refractivity contribution in [2.75, 3.05) is 13.7 Å². The minimum absolute atomic E-state index is 0.0922. The molecule has 0 saturated carbocycles. The summed E-state index contributed by atoms with van der Waals surface area (Å²) in [6.45, 7) is 4.22. The van der Waals surface area contributed by atoms with Gasteiger partial charge in [0.1, 0.15) is 12.1 Å². The Morgan fingerprint density at radius 2 is 2.15 bits per heavy atom. The molecule has 0 aliphatic carbocycles. The number of carbonyl (C=O) groups excluding carboxylic acids is 2. The molecule has 8 nitrogen and oxygen atoms in total. The summed E-state index contributed by atoms with van der Waals surface area (Å²) in [6.07, 6.45) is 3.99. The number of methoxy groups -OCH3 is 1. The van der Waals surface area contributed by atoms with Crippen LogP contribution in [-0.4, -0.2) is 51.5 Å². The summed E-state index contributed by atoms with van der Waals surface area (Å²) in [7, 11) is 1.32. The van der Waals surface area contributed by atoms with Gasteiger partial charge in [-0.15, -0.1) is 0 Å². The van der Waals surface area contributed by atoms with Crippen molar-refractivity contribution in [3.63, 3.8) is 0 Å². The first kappa shape index (κ1) is 17.9. The minimum Gasteiger partial charge on any atom is -0.467 e. The number of esters is 1. The first-order valence-electron chi connectivity index (χ1n) is 8.61. The van der Waals surface area contributed by atoms with E-state index in [-0.39, 0.29) is 11.9 Å². The number of hydrogen-bond acceptors (Lipinski definition) is 5. The number of fused-ring (bicyclic) bond motifs is 1. The molecule has 2 atom stereocenters. The lowest BCUT2D eigenvalue weighted by Crippen LogP contribution is -2.53. The van der Waals surface area contributed by atoms with Gasteiger partial charge in [0.15, 0.2) is 0 Å². The Kier molecular flexibility index (Phi) is 5.20. The maximum absolute atomic E-state index is 13.0. The van der Waals surface area contributed by atoms with Gasteiger partial charge in [-0.05, 0) is 18.1 Å². The predicted octanol–water partition coefficient (Wildman–Crippen LogP) is 1.66. The molecule has 0 unspecified atom stereocenters. The Morgan fingerprint density at radius 3 is 2.81 bits per heavy atom. The molecule has 8 heteroatoms. The Morgan fingerprint density at radius 1 is 1.35 bits per heavy atom. The van der Waals surface area contributed by atoms with Crippen molar-refractivity contribution in [2.24, 2.45) is 5.92 Å². The molecule has 2 amide bonds. The predicted molar refractivity (Wildman–Crippen MR) is 94.3 cm³/mol. The lowest BCUT2D eigenvalue weighted by atomic mass is 9.99. The topological polar surface area (TPSA) is 100 Å². The average Bonchev–Trinajstić information content (AvgIpc) is 3.13. The van der Waals surface area contributed by atoms with Gasteiger partial charge in [-0.3, -0.25) is 4.98 Å². The number of carbonyl (C=O) groups is 2. The van der Waals surface area contributed by atoms with E-state index in [9.17, 15) is 9.59 Å². The number of H-pyrrole nitrogens is 1. The second-order valence-corrected chi connectivity index (χ2v) is 6.56. The standard InChI is InChI=1S/C18H23N5O3/c1-11(2)14(17(24)26-3)22-18(25)23-9-7-12-15(21-10-20-12)16(23)13-6-4-5-8-19-13/h4-6,8,10-11,14,16H,7,9H2,1-3H3,(H,20,21)(H,22,25)/t14-,16-/m1/s1. The molecule has 3 heterocycles. The monoisotopic (exact) mass is 357 g/mol. The fourth-order valence-corrected chi connectivity index (χ4v) is 3.17. The molecule has 0 spiro atoms. The van der Waals surface area contributed by atoms with Crippen LogP contribution in [0, 0.1) is 5.92 Å². The third-order valence-electron chi connectivity index (χ3n) is 4.55. The number of imidazole rings is 1. The molecule has 1 aliphatic heterocycles.